The summed E-state index contributed by atoms with van der Waals surface area (Å²) < 4.78 is 2.07. The highest BCUT2D eigenvalue weighted by Crippen LogP contribution is 2.29. The molecule has 7 heteroatoms. The Bertz CT molecular complexity index is 1550. The van der Waals surface area contributed by atoms with Crippen molar-refractivity contribution >= 4 is 23.5 Å². The van der Waals surface area contributed by atoms with Crippen LogP contribution in [0.3, 0.4) is 0 Å². The van der Waals surface area contributed by atoms with Gasteiger partial charge in [0, 0.05) is 23.5 Å². The van der Waals surface area contributed by atoms with Crippen molar-refractivity contribution in [3.63, 3.8) is 0 Å². The zero-order valence-electron chi connectivity index (χ0n) is 23.6. The predicted molar refractivity (Wildman–Crippen MR) is 168 cm³/mol. The average molecular weight is 562 g/mol. The van der Waals surface area contributed by atoms with E-state index in [0.717, 1.165) is 27.8 Å². The molecule has 41 heavy (non-hydrogen) atoms. The Balaban J connectivity index is 1.46. The Hall–Kier alpha value is -4.36. The van der Waals surface area contributed by atoms with E-state index < -0.39 is 6.04 Å². The molecular weight excluding hydrogens is 526 g/mol. The topological polar surface area (TPSA) is 71.8 Å². The molecule has 6 nitrogen and oxygen atoms in total. The van der Waals surface area contributed by atoms with E-state index in [1.807, 2.05) is 60.7 Å². The number of hydrogen-bond acceptors (Lipinski definition) is 4. The Morgan fingerprint density at radius 2 is 1.44 bits per heavy atom. The lowest BCUT2D eigenvalue weighted by atomic mass is 10.0. The molecule has 2 N–H and O–H groups in total. The maximum Gasteiger partial charge on any atom is 0.319 e. The monoisotopic (exact) mass is 561 g/mol. The zero-order valence-corrected chi connectivity index (χ0v) is 24.4. The lowest BCUT2D eigenvalue weighted by Crippen LogP contribution is -2.35. The van der Waals surface area contributed by atoms with E-state index in [1.165, 1.54) is 16.7 Å². The van der Waals surface area contributed by atoms with Gasteiger partial charge in [0.15, 0.2) is 11.0 Å². The van der Waals surface area contributed by atoms with Gasteiger partial charge in [0.2, 0.25) is 0 Å². The summed E-state index contributed by atoms with van der Waals surface area (Å²) in [5, 5.41) is 16.2. The van der Waals surface area contributed by atoms with Crippen LogP contribution in [-0.2, 0) is 12.2 Å². The summed E-state index contributed by atoms with van der Waals surface area (Å²) in [5.74, 6) is 1.86. The predicted octanol–water partition coefficient (Wildman–Crippen LogP) is 8.10. The van der Waals surface area contributed by atoms with Crippen molar-refractivity contribution in [2.75, 3.05) is 5.32 Å². The standard InChI is InChI=1S/C34H35N5OS/c1-24(2)28-16-18-29(19-17-28)35-33(40)36-31(22-26-10-6-4-7-11-26)32-37-38-34(41-23-27-12-8-5-9-13-27)39(32)30-20-14-25(3)15-21-30/h4-21,24,31H,22-23H2,1-3H3,(H2,35,36,40). The van der Waals surface area contributed by atoms with Gasteiger partial charge in [0.25, 0.3) is 0 Å². The Labute approximate surface area is 246 Å². The maximum absolute atomic E-state index is 13.3. The van der Waals surface area contributed by atoms with Gasteiger partial charge in [-0.1, -0.05) is 116 Å². The highest BCUT2D eigenvalue weighted by molar-refractivity contribution is 7.98. The van der Waals surface area contributed by atoms with Crippen molar-refractivity contribution in [1.82, 2.24) is 20.1 Å². The summed E-state index contributed by atoms with van der Waals surface area (Å²) >= 11 is 1.63. The molecule has 1 aromatic heterocycles. The first kappa shape index (κ1) is 28.2. The summed E-state index contributed by atoms with van der Waals surface area (Å²) in [5.41, 5.74) is 6.39. The number of aryl methyl sites for hydroxylation is 1. The van der Waals surface area contributed by atoms with Crippen LogP contribution < -0.4 is 10.6 Å². The Morgan fingerprint density at radius 3 is 2.07 bits per heavy atom. The minimum absolute atomic E-state index is 0.292. The number of carbonyl (C=O) groups excluding carboxylic acids is 1. The molecule has 0 saturated heterocycles. The van der Waals surface area contributed by atoms with Gasteiger partial charge in [-0.05, 0) is 53.8 Å². The molecule has 1 unspecified atom stereocenters. The molecule has 0 saturated carbocycles. The van der Waals surface area contributed by atoms with Gasteiger partial charge in [0.1, 0.15) is 0 Å². The van der Waals surface area contributed by atoms with Crippen LogP contribution in [0.5, 0.6) is 0 Å². The second-order valence-electron chi connectivity index (χ2n) is 10.4. The number of benzene rings is 4. The molecule has 2 amide bonds. The number of rotatable bonds is 10. The second-order valence-corrected chi connectivity index (χ2v) is 11.3. The van der Waals surface area contributed by atoms with Crippen LogP contribution in [0.4, 0.5) is 10.5 Å². The first-order chi connectivity index (χ1) is 20.0. The smallest absolute Gasteiger partial charge is 0.319 e. The molecule has 0 aliphatic carbocycles. The van der Waals surface area contributed by atoms with Crippen molar-refractivity contribution in [3.8, 4) is 5.69 Å². The van der Waals surface area contributed by atoms with E-state index in [0.29, 0.717) is 18.2 Å². The van der Waals surface area contributed by atoms with Gasteiger partial charge >= 0.3 is 6.03 Å². The number of carbonyl (C=O) groups is 1. The van der Waals surface area contributed by atoms with Crippen molar-refractivity contribution in [1.29, 1.82) is 0 Å². The van der Waals surface area contributed by atoms with Crippen LogP contribution in [0.15, 0.2) is 114 Å². The molecule has 4 aromatic carbocycles. The van der Waals surface area contributed by atoms with E-state index in [-0.39, 0.29) is 6.03 Å². The summed E-state index contributed by atoms with van der Waals surface area (Å²) in [4.78, 5) is 13.3. The molecule has 5 aromatic rings. The normalized spacial score (nSPS) is 11.8. The van der Waals surface area contributed by atoms with Gasteiger partial charge in [-0.3, -0.25) is 4.57 Å². The minimum atomic E-state index is -0.424. The quantitative estimate of drug-likeness (QED) is 0.169. The molecule has 0 spiro atoms. The van der Waals surface area contributed by atoms with E-state index in [2.05, 4.69) is 94.7 Å². The number of anilines is 1. The van der Waals surface area contributed by atoms with Gasteiger partial charge in [0.05, 0.1) is 6.04 Å². The van der Waals surface area contributed by atoms with E-state index >= 15 is 0 Å². The Kier molecular flexibility index (Phi) is 9.16. The van der Waals surface area contributed by atoms with Gasteiger partial charge in [-0.15, -0.1) is 10.2 Å². The first-order valence-electron chi connectivity index (χ1n) is 13.9. The van der Waals surface area contributed by atoms with Crippen LogP contribution in [0.25, 0.3) is 5.69 Å². The number of thioether (sulfide) groups is 1. The third-order valence-electron chi connectivity index (χ3n) is 6.90. The van der Waals surface area contributed by atoms with Crippen LogP contribution >= 0.6 is 11.8 Å². The molecule has 0 aliphatic rings. The number of urea groups is 1. The molecule has 5 rings (SSSR count). The summed E-state index contributed by atoms with van der Waals surface area (Å²) in [6, 6.07) is 36.0. The molecule has 0 aliphatic heterocycles. The van der Waals surface area contributed by atoms with Crippen molar-refractivity contribution in [2.45, 2.75) is 50.1 Å². The largest absolute Gasteiger partial charge is 0.327 e. The summed E-state index contributed by atoms with van der Waals surface area (Å²) in [7, 11) is 0. The number of amides is 2. The maximum atomic E-state index is 13.3. The van der Waals surface area contributed by atoms with E-state index in [1.54, 1.807) is 11.8 Å². The molecular formula is C34H35N5OS. The number of nitrogens with zero attached hydrogens (tertiary/aromatic N) is 3. The second kappa shape index (κ2) is 13.3. The minimum Gasteiger partial charge on any atom is -0.327 e. The van der Waals surface area contributed by atoms with Crippen LogP contribution in [0, 0.1) is 6.92 Å². The van der Waals surface area contributed by atoms with Gasteiger partial charge in [-0.25, -0.2) is 4.79 Å². The zero-order chi connectivity index (χ0) is 28.6. The third-order valence-corrected chi connectivity index (χ3v) is 7.90. The van der Waals surface area contributed by atoms with Crippen molar-refractivity contribution in [3.05, 3.63) is 137 Å². The first-order valence-corrected chi connectivity index (χ1v) is 14.9. The fourth-order valence-electron chi connectivity index (χ4n) is 4.59. The summed E-state index contributed by atoms with van der Waals surface area (Å²) in [6.45, 7) is 6.37. The fourth-order valence-corrected chi connectivity index (χ4v) is 5.51. The van der Waals surface area contributed by atoms with Crippen molar-refractivity contribution < 1.29 is 4.79 Å². The molecule has 1 atom stereocenters. The number of hydrogen-bond donors (Lipinski definition) is 2. The third kappa shape index (κ3) is 7.44. The number of aromatic nitrogens is 3. The fraction of sp³-hybridized carbons (Fsp3) is 0.206. The SMILES string of the molecule is Cc1ccc(-n2c(SCc3ccccc3)nnc2C(Cc2ccccc2)NC(=O)Nc2ccc(C(C)C)cc2)cc1. The summed E-state index contributed by atoms with van der Waals surface area (Å²) in [6.07, 6.45) is 0.563. The van der Waals surface area contributed by atoms with Crippen LogP contribution in [0.2, 0.25) is 0 Å². The lowest BCUT2D eigenvalue weighted by Gasteiger charge is -2.21. The molecule has 0 bridgehead atoms. The van der Waals surface area contributed by atoms with Gasteiger partial charge in [-0.2, -0.15) is 0 Å². The molecule has 0 radical (unpaired) electrons. The van der Waals surface area contributed by atoms with Crippen molar-refractivity contribution in [2.24, 2.45) is 0 Å². The molecule has 0 fully saturated rings. The molecule has 1 heterocycles. The highest BCUT2D eigenvalue weighted by atomic mass is 32.2. The molecule has 208 valence electrons. The van der Waals surface area contributed by atoms with Gasteiger partial charge < -0.3 is 10.6 Å². The van der Waals surface area contributed by atoms with E-state index in [9.17, 15) is 4.79 Å². The highest BCUT2D eigenvalue weighted by Gasteiger charge is 2.25. The number of nitrogens with one attached hydrogen (secondary N) is 2. The average Bonchev–Trinajstić information content (AvgIpc) is 3.41. The lowest BCUT2D eigenvalue weighted by molar-refractivity contribution is 0.247. The van der Waals surface area contributed by atoms with E-state index in [4.69, 9.17) is 0 Å². The van der Waals surface area contributed by atoms with Crippen LogP contribution in [-0.4, -0.2) is 20.8 Å². The Morgan fingerprint density at radius 1 is 0.805 bits per heavy atom. The van der Waals surface area contributed by atoms with Crippen LogP contribution in [0.1, 0.15) is 53.9 Å².